The summed E-state index contributed by atoms with van der Waals surface area (Å²) in [5.74, 6) is 0.0442. The molecule has 0 aliphatic carbocycles. The fourth-order valence-corrected chi connectivity index (χ4v) is 2.83. The van der Waals surface area contributed by atoms with E-state index in [0.717, 1.165) is 3.79 Å². The monoisotopic (exact) mass is 368 g/mol. The van der Waals surface area contributed by atoms with Crippen LogP contribution in [0.15, 0.2) is 46.3 Å². The van der Waals surface area contributed by atoms with Crippen LogP contribution < -0.4 is 4.74 Å². The Labute approximate surface area is 134 Å². The molecule has 6 heteroatoms. The van der Waals surface area contributed by atoms with Gasteiger partial charge in [-0.25, -0.2) is 0 Å². The summed E-state index contributed by atoms with van der Waals surface area (Å²) in [4.78, 5) is 23.8. The van der Waals surface area contributed by atoms with Crippen LogP contribution in [0.25, 0.3) is 0 Å². The minimum absolute atomic E-state index is 0.107. The van der Waals surface area contributed by atoms with Crippen LogP contribution >= 0.6 is 27.3 Å². The quantitative estimate of drug-likeness (QED) is 0.552. The highest BCUT2D eigenvalue weighted by atomic mass is 79.9. The highest BCUT2D eigenvalue weighted by Gasteiger charge is 2.12. The summed E-state index contributed by atoms with van der Waals surface area (Å²) in [5.41, 5.74) is 0. The van der Waals surface area contributed by atoms with Crippen molar-refractivity contribution in [3.05, 3.63) is 51.1 Å². The van der Waals surface area contributed by atoms with Crippen LogP contribution in [0.1, 0.15) is 16.1 Å². The van der Waals surface area contributed by atoms with Gasteiger partial charge in [0, 0.05) is 0 Å². The van der Waals surface area contributed by atoms with E-state index in [2.05, 4.69) is 15.9 Å². The molecule has 1 aromatic carbocycles. The first-order chi connectivity index (χ1) is 10.1. The second-order valence-electron chi connectivity index (χ2n) is 4.10. The van der Waals surface area contributed by atoms with Crippen LogP contribution in [0.2, 0.25) is 0 Å². The zero-order valence-corrected chi connectivity index (χ0v) is 13.5. The second kappa shape index (κ2) is 7.95. The van der Waals surface area contributed by atoms with E-state index in [9.17, 15) is 9.59 Å². The Morgan fingerprint density at radius 1 is 1.10 bits per heavy atom. The lowest BCUT2D eigenvalue weighted by Crippen LogP contribution is -2.15. The Kier molecular flexibility index (Phi) is 5.95. The van der Waals surface area contributed by atoms with E-state index in [-0.39, 0.29) is 25.4 Å². The molecule has 0 spiro atoms. The molecule has 0 aliphatic rings. The molecule has 21 heavy (non-hydrogen) atoms. The third-order valence-electron chi connectivity index (χ3n) is 2.53. The number of esters is 1. The molecule has 0 unspecified atom stereocenters. The molecule has 0 bridgehead atoms. The molecule has 0 radical (unpaired) electrons. The lowest BCUT2D eigenvalue weighted by molar-refractivity contribution is -0.143. The number of ketones is 1. The molecule has 2 aromatic rings. The number of para-hydroxylation sites is 1. The van der Waals surface area contributed by atoms with Crippen molar-refractivity contribution in [3.8, 4) is 5.75 Å². The predicted molar refractivity (Wildman–Crippen MR) is 83.9 cm³/mol. The van der Waals surface area contributed by atoms with E-state index >= 15 is 0 Å². The van der Waals surface area contributed by atoms with Crippen LogP contribution in [-0.4, -0.2) is 25.0 Å². The zero-order valence-electron chi connectivity index (χ0n) is 11.1. The molecule has 0 fully saturated rings. The molecule has 0 aliphatic heterocycles. The van der Waals surface area contributed by atoms with Crippen molar-refractivity contribution in [3.63, 3.8) is 0 Å². The molecular formula is C15H13BrO4S. The first kappa shape index (κ1) is 15.7. The Bertz CT molecular complexity index is 609. The number of rotatable bonds is 7. The average molecular weight is 369 g/mol. The van der Waals surface area contributed by atoms with Crippen LogP contribution in [0.4, 0.5) is 0 Å². The van der Waals surface area contributed by atoms with E-state index in [1.807, 2.05) is 30.3 Å². The Balaban J connectivity index is 1.67. The Hall–Kier alpha value is -1.66. The largest absolute Gasteiger partial charge is 0.493 e. The molecule has 0 amide bonds. The van der Waals surface area contributed by atoms with Crippen molar-refractivity contribution >= 4 is 39.0 Å². The van der Waals surface area contributed by atoms with Crippen LogP contribution in [-0.2, 0) is 9.53 Å². The highest BCUT2D eigenvalue weighted by molar-refractivity contribution is 9.11. The molecule has 2 rings (SSSR count). The molecule has 1 heterocycles. The Morgan fingerprint density at radius 2 is 1.86 bits per heavy atom. The number of halogens is 1. The molecule has 110 valence electrons. The molecule has 4 nitrogen and oxygen atoms in total. The molecule has 1 aromatic heterocycles. The van der Waals surface area contributed by atoms with Gasteiger partial charge in [0.15, 0.2) is 6.61 Å². The van der Waals surface area contributed by atoms with Gasteiger partial charge < -0.3 is 9.47 Å². The lowest BCUT2D eigenvalue weighted by Gasteiger charge is -2.06. The maximum absolute atomic E-state index is 11.7. The number of carbonyl (C=O) groups excluding carboxylic acids is 2. The summed E-state index contributed by atoms with van der Waals surface area (Å²) < 4.78 is 11.2. The van der Waals surface area contributed by atoms with Gasteiger partial charge in [0.05, 0.1) is 21.7 Å². The number of hydrogen-bond acceptors (Lipinski definition) is 5. The van der Waals surface area contributed by atoms with Crippen LogP contribution in [0.3, 0.4) is 0 Å². The smallest absolute Gasteiger partial charge is 0.309 e. The first-order valence-corrected chi connectivity index (χ1v) is 7.88. The van der Waals surface area contributed by atoms with E-state index in [4.69, 9.17) is 9.47 Å². The van der Waals surface area contributed by atoms with E-state index < -0.39 is 5.97 Å². The van der Waals surface area contributed by atoms with Gasteiger partial charge in [-0.15, -0.1) is 11.3 Å². The van der Waals surface area contributed by atoms with Crippen molar-refractivity contribution in [2.45, 2.75) is 6.42 Å². The van der Waals surface area contributed by atoms with Gasteiger partial charge >= 0.3 is 5.97 Å². The van der Waals surface area contributed by atoms with E-state index in [0.29, 0.717) is 10.6 Å². The van der Waals surface area contributed by atoms with Gasteiger partial charge in [0.2, 0.25) is 5.78 Å². The zero-order chi connectivity index (χ0) is 15.1. The molecule has 0 N–H and O–H groups in total. The van der Waals surface area contributed by atoms with Gasteiger partial charge in [0.25, 0.3) is 0 Å². The van der Waals surface area contributed by atoms with Crippen molar-refractivity contribution in [1.82, 2.24) is 0 Å². The standard InChI is InChI=1S/C15H13BrO4S/c16-14-7-6-13(21-14)12(17)10-20-15(18)8-9-19-11-4-2-1-3-5-11/h1-7H,8-10H2. The SMILES string of the molecule is O=C(CCOc1ccccc1)OCC(=O)c1ccc(Br)s1. The normalized spacial score (nSPS) is 10.1. The minimum Gasteiger partial charge on any atom is -0.493 e. The summed E-state index contributed by atoms with van der Waals surface area (Å²) in [6, 6.07) is 12.7. The molecule has 0 saturated carbocycles. The summed E-state index contributed by atoms with van der Waals surface area (Å²) in [5, 5.41) is 0. The number of ether oxygens (including phenoxy) is 2. The summed E-state index contributed by atoms with van der Waals surface area (Å²) in [6.45, 7) is -0.0152. The average Bonchev–Trinajstić information content (AvgIpc) is 2.92. The number of hydrogen-bond donors (Lipinski definition) is 0. The van der Waals surface area contributed by atoms with E-state index in [1.165, 1.54) is 11.3 Å². The van der Waals surface area contributed by atoms with Crippen LogP contribution in [0.5, 0.6) is 5.75 Å². The van der Waals surface area contributed by atoms with Gasteiger partial charge in [0.1, 0.15) is 5.75 Å². The molecule has 0 saturated heterocycles. The number of Topliss-reactive ketones (excluding diaryl/α,β-unsaturated/α-hetero) is 1. The fraction of sp³-hybridized carbons (Fsp3) is 0.200. The lowest BCUT2D eigenvalue weighted by atomic mass is 10.3. The third kappa shape index (κ3) is 5.32. The third-order valence-corrected chi connectivity index (χ3v) is 4.20. The van der Waals surface area contributed by atoms with Gasteiger partial charge in [-0.2, -0.15) is 0 Å². The Morgan fingerprint density at radius 3 is 2.52 bits per heavy atom. The topological polar surface area (TPSA) is 52.6 Å². The maximum Gasteiger partial charge on any atom is 0.309 e. The summed E-state index contributed by atoms with van der Waals surface area (Å²) >= 11 is 4.59. The van der Waals surface area contributed by atoms with Gasteiger partial charge in [-0.3, -0.25) is 9.59 Å². The van der Waals surface area contributed by atoms with Gasteiger partial charge in [-0.1, -0.05) is 18.2 Å². The second-order valence-corrected chi connectivity index (χ2v) is 6.56. The molecular weight excluding hydrogens is 356 g/mol. The predicted octanol–water partition coefficient (Wildman–Crippen LogP) is 3.71. The number of carbonyl (C=O) groups is 2. The number of benzene rings is 1. The van der Waals surface area contributed by atoms with Gasteiger partial charge in [-0.05, 0) is 40.2 Å². The first-order valence-electron chi connectivity index (χ1n) is 6.27. The number of thiophene rings is 1. The van der Waals surface area contributed by atoms with Crippen LogP contribution in [0, 0.1) is 0 Å². The molecule has 0 atom stereocenters. The highest BCUT2D eigenvalue weighted by Crippen LogP contribution is 2.22. The van der Waals surface area contributed by atoms with E-state index in [1.54, 1.807) is 12.1 Å². The minimum atomic E-state index is -0.449. The fourth-order valence-electron chi connectivity index (χ4n) is 1.52. The summed E-state index contributed by atoms with van der Waals surface area (Å²) in [7, 11) is 0. The maximum atomic E-state index is 11.7. The van der Waals surface area contributed by atoms with Crippen molar-refractivity contribution in [2.75, 3.05) is 13.2 Å². The van der Waals surface area contributed by atoms with Crippen molar-refractivity contribution in [2.24, 2.45) is 0 Å². The van der Waals surface area contributed by atoms with Crippen molar-refractivity contribution < 1.29 is 19.1 Å². The summed E-state index contributed by atoms with van der Waals surface area (Å²) in [6.07, 6.45) is 0.107. The van der Waals surface area contributed by atoms with Crippen molar-refractivity contribution in [1.29, 1.82) is 0 Å².